The fourth-order valence-corrected chi connectivity index (χ4v) is 2.35. The molecule has 2 N–H and O–H groups in total. The molecule has 0 saturated carbocycles. The molecule has 1 aromatic carbocycles. The number of nitriles is 1. The Hall–Kier alpha value is -1.57. The zero-order valence-electron chi connectivity index (χ0n) is 11.5. The van der Waals surface area contributed by atoms with E-state index in [0.717, 1.165) is 31.4 Å². The van der Waals surface area contributed by atoms with Gasteiger partial charge in [-0.1, -0.05) is 0 Å². The topological polar surface area (TPSA) is 68.3 Å². The fourth-order valence-electron chi connectivity index (χ4n) is 2.35. The van der Waals surface area contributed by atoms with Crippen molar-refractivity contribution >= 4 is 5.69 Å². The highest BCUT2D eigenvalue weighted by atomic mass is 16.7. The SMILES string of the molecule is CC(C)(OC1CCCCO1)c1cc(N)ccc1C#N. The molecule has 0 amide bonds. The van der Waals surface area contributed by atoms with Crippen molar-refractivity contribution < 1.29 is 9.47 Å². The summed E-state index contributed by atoms with van der Waals surface area (Å²) in [4.78, 5) is 0. The highest BCUT2D eigenvalue weighted by molar-refractivity contribution is 5.51. The Morgan fingerprint density at radius 3 is 2.84 bits per heavy atom. The highest BCUT2D eigenvalue weighted by Gasteiger charge is 2.29. The molecule has 1 aromatic rings. The maximum atomic E-state index is 9.20. The number of anilines is 1. The van der Waals surface area contributed by atoms with E-state index in [1.165, 1.54) is 0 Å². The standard InChI is InChI=1S/C15H20N2O2/c1-15(2,19-14-5-3-4-8-18-14)13-9-12(17)7-6-11(13)10-16/h6-7,9,14H,3-5,8,17H2,1-2H3. The van der Waals surface area contributed by atoms with Crippen LogP contribution in [0.4, 0.5) is 5.69 Å². The molecule has 0 aliphatic carbocycles. The first-order valence-corrected chi connectivity index (χ1v) is 6.62. The van der Waals surface area contributed by atoms with Crippen LogP contribution < -0.4 is 5.73 Å². The van der Waals surface area contributed by atoms with E-state index in [0.29, 0.717) is 11.3 Å². The predicted octanol–water partition coefficient (Wildman–Crippen LogP) is 2.92. The second-order valence-electron chi connectivity index (χ2n) is 5.34. The van der Waals surface area contributed by atoms with Crippen LogP contribution in [0, 0.1) is 11.3 Å². The van der Waals surface area contributed by atoms with Crippen LogP contribution in [0.3, 0.4) is 0 Å². The Kier molecular flexibility index (Phi) is 4.08. The number of hydrogen-bond acceptors (Lipinski definition) is 4. The summed E-state index contributed by atoms with van der Waals surface area (Å²) in [5.74, 6) is 0. The molecule has 1 heterocycles. The van der Waals surface area contributed by atoms with Crippen LogP contribution in [-0.4, -0.2) is 12.9 Å². The van der Waals surface area contributed by atoms with E-state index in [-0.39, 0.29) is 6.29 Å². The number of hydrogen-bond donors (Lipinski definition) is 1. The van der Waals surface area contributed by atoms with E-state index in [2.05, 4.69) is 6.07 Å². The summed E-state index contributed by atoms with van der Waals surface area (Å²) >= 11 is 0. The molecule has 0 aromatic heterocycles. The van der Waals surface area contributed by atoms with Gasteiger partial charge in [-0.2, -0.15) is 5.26 Å². The van der Waals surface area contributed by atoms with Crippen LogP contribution in [0.2, 0.25) is 0 Å². The minimum absolute atomic E-state index is 0.197. The molecule has 1 aliphatic heterocycles. The van der Waals surface area contributed by atoms with Gasteiger partial charge in [0.1, 0.15) is 0 Å². The molecule has 0 radical (unpaired) electrons. The second kappa shape index (κ2) is 5.60. The molecule has 19 heavy (non-hydrogen) atoms. The molecule has 4 heteroatoms. The molecular weight excluding hydrogens is 240 g/mol. The zero-order chi connectivity index (χ0) is 13.9. The maximum Gasteiger partial charge on any atom is 0.158 e. The van der Waals surface area contributed by atoms with Gasteiger partial charge in [0, 0.05) is 17.9 Å². The van der Waals surface area contributed by atoms with Gasteiger partial charge < -0.3 is 15.2 Å². The summed E-state index contributed by atoms with van der Waals surface area (Å²) in [6, 6.07) is 7.46. The number of ether oxygens (including phenoxy) is 2. The van der Waals surface area contributed by atoms with E-state index in [9.17, 15) is 5.26 Å². The van der Waals surface area contributed by atoms with Crippen LogP contribution >= 0.6 is 0 Å². The third kappa shape index (κ3) is 3.25. The molecule has 1 unspecified atom stereocenters. The Balaban J connectivity index is 2.22. The lowest BCUT2D eigenvalue weighted by molar-refractivity contribution is -0.219. The molecule has 1 atom stereocenters. The van der Waals surface area contributed by atoms with Gasteiger partial charge in [0.15, 0.2) is 6.29 Å². The van der Waals surface area contributed by atoms with Gasteiger partial charge in [0.25, 0.3) is 0 Å². The smallest absolute Gasteiger partial charge is 0.158 e. The van der Waals surface area contributed by atoms with Gasteiger partial charge in [-0.3, -0.25) is 0 Å². The lowest BCUT2D eigenvalue weighted by Crippen LogP contribution is -2.33. The third-order valence-electron chi connectivity index (χ3n) is 3.38. The molecule has 1 aliphatic rings. The Bertz CT molecular complexity index is 485. The molecule has 2 rings (SSSR count). The second-order valence-corrected chi connectivity index (χ2v) is 5.34. The van der Waals surface area contributed by atoms with E-state index in [1.54, 1.807) is 18.2 Å². The number of nitrogens with two attached hydrogens (primary N) is 1. The van der Waals surface area contributed by atoms with Gasteiger partial charge in [0.2, 0.25) is 0 Å². The van der Waals surface area contributed by atoms with E-state index >= 15 is 0 Å². The van der Waals surface area contributed by atoms with Crippen LogP contribution in [0.5, 0.6) is 0 Å². The van der Waals surface area contributed by atoms with Crippen molar-refractivity contribution in [1.29, 1.82) is 5.26 Å². The van der Waals surface area contributed by atoms with E-state index in [4.69, 9.17) is 15.2 Å². The van der Waals surface area contributed by atoms with Crippen molar-refractivity contribution in [2.75, 3.05) is 12.3 Å². The first-order chi connectivity index (χ1) is 9.03. The lowest BCUT2D eigenvalue weighted by Gasteiger charge is -2.33. The molecule has 0 bridgehead atoms. The Morgan fingerprint density at radius 2 is 2.21 bits per heavy atom. The van der Waals surface area contributed by atoms with Crippen molar-refractivity contribution in [3.05, 3.63) is 29.3 Å². The van der Waals surface area contributed by atoms with Gasteiger partial charge in [-0.25, -0.2) is 0 Å². The quantitative estimate of drug-likeness (QED) is 0.848. The summed E-state index contributed by atoms with van der Waals surface area (Å²) < 4.78 is 11.6. The van der Waals surface area contributed by atoms with Crippen molar-refractivity contribution in [1.82, 2.24) is 0 Å². The van der Waals surface area contributed by atoms with Crippen molar-refractivity contribution in [3.63, 3.8) is 0 Å². The summed E-state index contributed by atoms with van der Waals surface area (Å²) in [5, 5.41) is 9.20. The number of nitrogens with zero attached hydrogens (tertiary/aromatic N) is 1. The molecular formula is C15H20N2O2. The largest absolute Gasteiger partial charge is 0.399 e. The Morgan fingerprint density at radius 1 is 1.42 bits per heavy atom. The number of nitrogen functional groups attached to an aromatic ring is 1. The average Bonchev–Trinajstić information content (AvgIpc) is 2.39. The predicted molar refractivity (Wildman–Crippen MR) is 73.3 cm³/mol. The normalized spacial score (nSPS) is 19.9. The van der Waals surface area contributed by atoms with Crippen LogP contribution in [0.25, 0.3) is 0 Å². The first-order valence-electron chi connectivity index (χ1n) is 6.62. The van der Waals surface area contributed by atoms with E-state index < -0.39 is 5.60 Å². The lowest BCUT2D eigenvalue weighted by atomic mass is 9.92. The summed E-state index contributed by atoms with van der Waals surface area (Å²) in [5.41, 5.74) is 7.26. The summed E-state index contributed by atoms with van der Waals surface area (Å²) in [7, 11) is 0. The summed E-state index contributed by atoms with van der Waals surface area (Å²) in [6.07, 6.45) is 2.90. The van der Waals surface area contributed by atoms with Crippen LogP contribution in [0.15, 0.2) is 18.2 Å². The van der Waals surface area contributed by atoms with Crippen LogP contribution in [0.1, 0.15) is 44.2 Å². The minimum Gasteiger partial charge on any atom is -0.399 e. The van der Waals surface area contributed by atoms with Gasteiger partial charge >= 0.3 is 0 Å². The van der Waals surface area contributed by atoms with Crippen molar-refractivity contribution in [2.24, 2.45) is 0 Å². The zero-order valence-corrected chi connectivity index (χ0v) is 11.5. The Labute approximate surface area is 114 Å². The average molecular weight is 260 g/mol. The monoisotopic (exact) mass is 260 g/mol. The minimum atomic E-state index is -0.595. The maximum absolute atomic E-state index is 9.20. The summed E-state index contributed by atoms with van der Waals surface area (Å²) in [6.45, 7) is 4.63. The molecule has 4 nitrogen and oxygen atoms in total. The number of benzene rings is 1. The fraction of sp³-hybridized carbons (Fsp3) is 0.533. The van der Waals surface area contributed by atoms with Gasteiger partial charge in [-0.15, -0.1) is 0 Å². The first kappa shape index (κ1) is 13.9. The highest BCUT2D eigenvalue weighted by Crippen LogP contribution is 2.32. The number of rotatable bonds is 3. The molecule has 102 valence electrons. The van der Waals surface area contributed by atoms with Crippen molar-refractivity contribution in [3.8, 4) is 6.07 Å². The molecule has 0 spiro atoms. The van der Waals surface area contributed by atoms with E-state index in [1.807, 2.05) is 13.8 Å². The van der Waals surface area contributed by atoms with Crippen molar-refractivity contribution in [2.45, 2.75) is 45.0 Å². The molecule has 1 saturated heterocycles. The van der Waals surface area contributed by atoms with Gasteiger partial charge in [0.05, 0.1) is 17.2 Å². The third-order valence-corrected chi connectivity index (χ3v) is 3.38. The molecule has 1 fully saturated rings. The van der Waals surface area contributed by atoms with Gasteiger partial charge in [-0.05, 0) is 51.3 Å². The van der Waals surface area contributed by atoms with Crippen LogP contribution in [-0.2, 0) is 15.1 Å².